The fourth-order valence-electron chi connectivity index (χ4n) is 2.81. The Kier molecular flexibility index (Phi) is 6.35. The Morgan fingerprint density at radius 3 is 2.33 bits per heavy atom. The van der Waals surface area contributed by atoms with Gasteiger partial charge in [-0.15, -0.1) is 12.4 Å². The van der Waals surface area contributed by atoms with Crippen LogP contribution in [0.2, 0.25) is 5.02 Å². The summed E-state index contributed by atoms with van der Waals surface area (Å²) < 4.78 is 0. The van der Waals surface area contributed by atoms with Crippen molar-refractivity contribution in [3.05, 3.63) is 59.1 Å². The molecule has 1 heterocycles. The van der Waals surface area contributed by atoms with Crippen molar-refractivity contribution in [1.82, 2.24) is 4.90 Å². The fraction of sp³-hybridized carbons (Fsp3) is 0.278. The number of benzene rings is 2. The van der Waals surface area contributed by atoms with Gasteiger partial charge in [0.1, 0.15) is 0 Å². The third-order valence-corrected chi connectivity index (χ3v) is 4.38. The monoisotopic (exact) mass is 365 g/mol. The number of halogens is 2. The number of carbonyl (C=O) groups excluding carboxylic acids is 1. The molecule has 128 valence electrons. The molecule has 1 amide bonds. The van der Waals surface area contributed by atoms with Gasteiger partial charge >= 0.3 is 0 Å². The third-order valence-electron chi connectivity index (χ3n) is 4.14. The number of carbonyl (C=O) groups is 1. The van der Waals surface area contributed by atoms with Crippen molar-refractivity contribution >= 4 is 41.3 Å². The number of anilines is 2. The topological polar surface area (TPSA) is 49.6 Å². The van der Waals surface area contributed by atoms with E-state index in [2.05, 4.69) is 11.0 Å². The molecule has 2 aromatic carbocycles. The molecule has 6 heteroatoms. The first-order valence-electron chi connectivity index (χ1n) is 7.74. The van der Waals surface area contributed by atoms with E-state index < -0.39 is 0 Å². The Balaban J connectivity index is 0.00000208. The quantitative estimate of drug-likeness (QED) is 0.849. The molecule has 1 aliphatic rings. The molecule has 0 unspecified atom stereocenters. The van der Waals surface area contributed by atoms with Crippen molar-refractivity contribution in [2.24, 2.45) is 0 Å². The van der Waals surface area contributed by atoms with E-state index in [-0.39, 0.29) is 18.3 Å². The zero-order valence-electron chi connectivity index (χ0n) is 13.3. The van der Waals surface area contributed by atoms with Crippen molar-refractivity contribution < 1.29 is 4.79 Å². The average Bonchev–Trinajstić information content (AvgIpc) is 2.57. The SMILES string of the molecule is Cl.Nc1ccc(CC(=O)N2CCN(c3cccc(Cl)c3)CC2)cc1. The second-order valence-electron chi connectivity index (χ2n) is 5.77. The predicted octanol–water partition coefficient (Wildman–Crippen LogP) is 3.24. The summed E-state index contributed by atoms with van der Waals surface area (Å²) in [6.07, 6.45) is 0.428. The molecular weight excluding hydrogens is 345 g/mol. The number of nitrogens with two attached hydrogens (primary N) is 1. The first-order valence-corrected chi connectivity index (χ1v) is 8.12. The molecule has 1 aliphatic heterocycles. The zero-order chi connectivity index (χ0) is 16.2. The van der Waals surface area contributed by atoms with Crippen molar-refractivity contribution in [3.63, 3.8) is 0 Å². The molecule has 2 aromatic rings. The zero-order valence-corrected chi connectivity index (χ0v) is 14.9. The Labute approximate surface area is 153 Å². The molecule has 0 spiro atoms. The molecular formula is C18H21Cl2N3O. The highest BCUT2D eigenvalue weighted by Gasteiger charge is 2.21. The van der Waals surface area contributed by atoms with Crippen LogP contribution in [0.5, 0.6) is 0 Å². The molecule has 0 radical (unpaired) electrons. The highest BCUT2D eigenvalue weighted by molar-refractivity contribution is 6.30. The van der Waals surface area contributed by atoms with Crippen molar-refractivity contribution in [3.8, 4) is 0 Å². The summed E-state index contributed by atoms with van der Waals surface area (Å²) in [5, 5.41) is 0.740. The lowest BCUT2D eigenvalue weighted by molar-refractivity contribution is -0.130. The van der Waals surface area contributed by atoms with Crippen molar-refractivity contribution in [1.29, 1.82) is 0 Å². The number of amides is 1. The van der Waals surface area contributed by atoms with E-state index in [0.717, 1.165) is 48.1 Å². The molecule has 2 N–H and O–H groups in total. The number of hydrogen-bond acceptors (Lipinski definition) is 3. The highest BCUT2D eigenvalue weighted by Crippen LogP contribution is 2.21. The highest BCUT2D eigenvalue weighted by atomic mass is 35.5. The number of piperazine rings is 1. The first-order chi connectivity index (χ1) is 11.1. The normalized spacial score (nSPS) is 14.2. The minimum Gasteiger partial charge on any atom is -0.399 e. The van der Waals surface area contributed by atoms with Crippen molar-refractivity contribution in [2.45, 2.75) is 6.42 Å². The van der Waals surface area contributed by atoms with E-state index in [1.165, 1.54) is 0 Å². The summed E-state index contributed by atoms with van der Waals surface area (Å²) in [4.78, 5) is 16.6. The Morgan fingerprint density at radius 2 is 1.71 bits per heavy atom. The van der Waals surface area contributed by atoms with Gasteiger partial charge in [0.15, 0.2) is 0 Å². The Hall–Kier alpha value is -1.91. The van der Waals surface area contributed by atoms with Crippen LogP contribution in [-0.4, -0.2) is 37.0 Å². The minimum absolute atomic E-state index is 0. The lowest BCUT2D eigenvalue weighted by Crippen LogP contribution is -2.49. The summed E-state index contributed by atoms with van der Waals surface area (Å²) in [6.45, 7) is 3.13. The van der Waals surface area contributed by atoms with Gasteiger partial charge in [-0.05, 0) is 35.9 Å². The molecule has 4 nitrogen and oxygen atoms in total. The van der Waals surface area contributed by atoms with Gasteiger partial charge in [0.25, 0.3) is 0 Å². The van der Waals surface area contributed by atoms with Crippen LogP contribution in [-0.2, 0) is 11.2 Å². The van der Waals surface area contributed by atoms with E-state index in [4.69, 9.17) is 17.3 Å². The Morgan fingerprint density at radius 1 is 1.04 bits per heavy atom. The standard InChI is InChI=1S/C18H20ClN3O.ClH/c19-15-2-1-3-17(13-15)21-8-10-22(11-9-21)18(23)12-14-4-6-16(20)7-5-14;/h1-7,13H,8-12,20H2;1H. The first kappa shape index (κ1) is 18.4. The molecule has 3 rings (SSSR count). The van der Waals surface area contributed by atoms with Crippen LogP contribution in [0.1, 0.15) is 5.56 Å². The summed E-state index contributed by atoms with van der Waals surface area (Å²) in [7, 11) is 0. The summed E-state index contributed by atoms with van der Waals surface area (Å²) in [5.41, 5.74) is 8.51. The molecule has 0 bridgehead atoms. The third kappa shape index (κ3) is 4.56. The van der Waals surface area contributed by atoms with Gasteiger partial charge < -0.3 is 15.5 Å². The maximum Gasteiger partial charge on any atom is 0.227 e. The Bertz CT molecular complexity index is 683. The largest absolute Gasteiger partial charge is 0.399 e. The maximum absolute atomic E-state index is 12.4. The summed E-state index contributed by atoms with van der Waals surface area (Å²) in [6, 6.07) is 15.3. The molecule has 0 saturated carbocycles. The summed E-state index contributed by atoms with van der Waals surface area (Å²) >= 11 is 6.04. The number of hydrogen-bond donors (Lipinski definition) is 1. The smallest absolute Gasteiger partial charge is 0.227 e. The van der Waals surface area contributed by atoms with Crippen LogP contribution in [0, 0.1) is 0 Å². The van der Waals surface area contributed by atoms with Gasteiger partial charge in [0.2, 0.25) is 5.91 Å². The van der Waals surface area contributed by atoms with Crippen molar-refractivity contribution in [2.75, 3.05) is 36.8 Å². The number of rotatable bonds is 3. The van der Waals surface area contributed by atoms with E-state index in [1.807, 2.05) is 47.4 Å². The van der Waals surface area contributed by atoms with E-state index >= 15 is 0 Å². The lowest BCUT2D eigenvalue weighted by atomic mass is 10.1. The number of nitrogens with zero attached hydrogens (tertiary/aromatic N) is 2. The molecule has 0 aliphatic carbocycles. The van der Waals surface area contributed by atoms with Crippen LogP contribution in [0.4, 0.5) is 11.4 Å². The molecule has 24 heavy (non-hydrogen) atoms. The second-order valence-corrected chi connectivity index (χ2v) is 6.20. The number of nitrogen functional groups attached to an aromatic ring is 1. The molecule has 1 saturated heterocycles. The lowest BCUT2D eigenvalue weighted by Gasteiger charge is -2.36. The van der Waals surface area contributed by atoms with Gasteiger partial charge in [0, 0.05) is 42.6 Å². The fourth-order valence-corrected chi connectivity index (χ4v) is 2.99. The molecule has 0 atom stereocenters. The van der Waals surface area contributed by atoms with E-state index in [1.54, 1.807) is 0 Å². The van der Waals surface area contributed by atoms with E-state index in [0.29, 0.717) is 6.42 Å². The van der Waals surface area contributed by atoms with Crippen LogP contribution >= 0.6 is 24.0 Å². The summed E-state index contributed by atoms with van der Waals surface area (Å²) in [5.74, 6) is 0.167. The van der Waals surface area contributed by atoms with Gasteiger partial charge in [-0.3, -0.25) is 4.79 Å². The second kappa shape index (κ2) is 8.27. The van der Waals surface area contributed by atoms with Crippen LogP contribution in [0.25, 0.3) is 0 Å². The average molecular weight is 366 g/mol. The van der Waals surface area contributed by atoms with Gasteiger partial charge in [-0.2, -0.15) is 0 Å². The van der Waals surface area contributed by atoms with E-state index in [9.17, 15) is 4.79 Å². The van der Waals surface area contributed by atoms with Gasteiger partial charge in [-0.1, -0.05) is 29.8 Å². The minimum atomic E-state index is 0. The van der Waals surface area contributed by atoms with Gasteiger partial charge in [-0.25, -0.2) is 0 Å². The molecule has 1 fully saturated rings. The van der Waals surface area contributed by atoms with Crippen LogP contribution in [0.3, 0.4) is 0 Å². The van der Waals surface area contributed by atoms with Crippen LogP contribution in [0.15, 0.2) is 48.5 Å². The maximum atomic E-state index is 12.4. The molecule has 0 aromatic heterocycles. The van der Waals surface area contributed by atoms with Gasteiger partial charge in [0.05, 0.1) is 6.42 Å². The van der Waals surface area contributed by atoms with Crippen LogP contribution < -0.4 is 10.6 Å². The predicted molar refractivity (Wildman–Crippen MR) is 102 cm³/mol.